The summed E-state index contributed by atoms with van der Waals surface area (Å²) in [4.78, 5) is 12.5. The third kappa shape index (κ3) is 2.06. The van der Waals surface area contributed by atoms with E-state index in [9.17, 15) is 4.79 Å². The van der Waals surface area contributed by atoms with Gasteiger partial charge in [-0.3, -0.25) is 9.48 Å². The highest BCUT2D eigenvalue weighted by atomic mass is 35.5. The Hall–Kier alpha value is -1.61. The topological polar surface area (TPSA) is 34.9 Å². The summed E-state index contributed by atoms with van der Waals surface area (Å²) < 4.78 is 1.63. The largest absolute Gasteiger partial charge is 0.287 e. The van der Waals surface area contributed by atoms with Gasteiger partial charge in [-0.15, -0.1) is 0 Å². The Labute approximate surface area is 111 Å². The second-order valence-corrected chi connectivity index (χ2v) is 4.64. The van der Waals surface area contributed by atoms with E-state index in [4.69, 9.17) is 11.6 Å². The molecule has 3 nitrogen and oxygen atoms in total. The SMILES string of the molecule is CCn1ncc(Cl)c1C(=O)c1cccc(C)c1C. The van der Waals surface area contributed by atoms with Gasteiger partial charge in [0, 0.05) is 12.1 Å². The van der Waals surface area contributed by atoms with Crippen molar-refractivity contribution < 1.29 is 4.79 Å². The smallest absolute Gasteiger partial charge is 0.212 e. The molecule has 0 aliphatic heterocycles. The minimum absolute atomic E-state index is 0.0689. The van der Waals surface area contributed by atoms with Crippen molar-refractivity contribution >= 4 is 17.4 Å². The van der Waals surface area contributed by atoms with Gasteiger partial charge in [0.15, 0.2) is 0 Å². The third-order valence-corrected chi connectivity index (χ3v) is 3.44. The van der Waals surface area contributed by atoms with Crippen molar-refractivity contribution in [1.29, 1.82) is 0 Å². The standard InChI is InChI=1S/C14H15ClN2O/c1-4-17-13(12(15)8-16-17)14(18)11-7-5-6-9(2)10(11)3/h5-8H,4H2,1-3H3. The molecule has 0 amide bonds. The van der Waals surface area contributed by atoms with Crippen LogP contribution in [0.15, 0.2) is 24.4 Å². The lowest BCUT2D eigenvalue weighted by molar-refractivity contribution is 0.102. The number of aromatic nitrogens is 2. The fourth-order valence-electron chi connectivity index (χ4n) is 1.95. The van der Waals surface area contributed by atoms with Crippen LogP contribution in [0.5, 0.6) is 0 Å². The molecule has 0 atom stereocenters. The van der Waals surface area contributed by atoms with Crippen LogP contribution in [0.2, 0.25) is 5.02 Å². The van der Waals surface area contributed by atoms with Crippen LogP contribution in [0, 0.1) is 13.8 Å². The summed E-state index contributed by atoms with van der Waals surface area (Å²) in [7, 11) is 0. The summed E-state index contributed by atoms with van der Waals surface area (Å²) in [6.07, 6.45) is 1.52. The van der Waals surface area contributed by atoms with Gasteiger partial charge in [0.2, 0.25) is 5.78 Å². The summed E-state index contributed by atoms with van der Waals surface area (Å²) in [6, 6.07) is 5.70. The van der Waals surface area contributed by atoms with Crippen LogP contribution in [-0.4, -0.2) is 15.6 Å². The summed E-state index contributed by atoms with van der Waals surface area (Å²) in [5.74, 6) is -0.0689. The van der Waals surface area contributed by atoms with Crippen molar-refractivity contribution in [2.45, 2.75) is 27.3 Å². The Balaban J connectivity index is 2.55. The van der Waals surface area contributed by atoms with Gasteiger partial charge in [0.25, 0.3) is 0 Å². The molecule has 2 aromatic rings. The quantitative estimate of drug-likeness (QED) is 0.795. The van der Waals surface area contributed by atoms with Gasteiger partial charge < -0.3 is 0 Å². The number of ketones is 1. The number of hydrogen-bond donors (Lipinski definition) is 0. The van der Waals surface area contributed by atoms with Crippen LogP contribution in [-0.2, 0) is 6.54 Å². The molecule has 1 heterocycles. The fourth-order valence-corrected chi connectivity index (χ4v) is 2.18. The predicted molar refractivity (Wildman–Crippen MR) is 72.3 cm³/mol. The molecular weight excluding hydrogens is 248 g/mol. The van der Waals surface area contributed by atoms with Gasteiger partial charge in [-0.25, -0.2) is 0 Å². The monoisotopic (exact) mass is 262 g/mol. The average molecular weight is 263 g/mol. The summed E-state index contributed by atoms with van der Waals surface area (Å²) >= 11 is 6.06. The molecule has 1 aromatic carbocycles. The van der Waals surface area contributed by atoms with Gasteiger partial charge in [-0.05, 0) is 31.9 Å². The first kappa shape index (κ1) is 12.8. The second-order valence-electron chi connectivity index (χ2n) is 4.23. The van der Waals surface area contributed by atoms with E-state index in [2.05, 4.69) is 5.10 Å². The van der Waals surface area contributed by atoms with Crippen LogP contribution in [0.4, 0.5) is 0 Å². The molecule has 0 N–H and O–H groups in total. The van der Waals surface area contributed by atoms with E-state index in [1.54, 1.807) is 4.68 Å². The van der Waals surface area contributed by atoms with Crippen LogP contribution in [0.25, 0.3) is 0 Å². The van der Waals surface area contributed by atoms with Crippen molar-refractivity contribution in [2.75, 3.05) is 0 Å². The number of aryl methyl sites for hydroxylation is 2. The Bertz CT molecular complexity index is 602. The lowest BCUT2D eigenvalue weighted by atomic mass is 9.98. The number of hydrogen-bond acceptors (Lipinski definition) is 2. The number of halogens is 1. The molecule has 94 valence electrons. The average Bonchev–Trinajstić information content (AvgIpc) is 2.73. The minimum Gasteiger partial charge on any atom is -0.287 e. The molecule has 2 rings (SSSR count). The van der Waals surface area contributed by atoms with Crippen LogP contribution < -0.4 is 0 Å². The number of carbonyl (C=O) groups excluding carboxylic acids is 1. The van der Waals surface area contributed by atoms with Gasteiger partial charge >= 0.3 is 0 Å². The van der Waals surface area contributed by atoms with E-state index in [1.165, 1.54) is 6.20 Å². The summed E-state index contributed by atoms with van der Waals surface area (Å²) in [6.45, 7) is 6.50. The molecule has 0 unspecified atom stereocenters. The molecule has 0 fully saturated rings. The fraction of sp³-hybridized carbons (Fsp3) is 0.286. The Kier molecular flexibility index (Phi) is 3.53. The maximum atomic E-state index is 12.5. The molecular formula is C14H15ClN2O. The molecule has 0 saturated heterocycles. The molecule has 0 aliphatic rings. The number of rotatable bonds is 3. The molecule has 0 saturated carbocycles. The van der Waals surface area contributed by atoms with Gasteiger partial charge in [-0.2, -0.15) is 5.10 Å². The van der Waals surface area contributed by atoms with E-state index < -0.39 is 0 Å². The van der Waals surface area contributed by atoms with Crippen LogP contribution >= 0.6 is 11.6 Å². The zero-order chi connectivity index (χ0) is 13.3. The molecule has 1 aromatic heterocycles. The van der Waals surface area contributed by atoms with E-state index >= 15 is 0 Å². The lowest BCUT2D eigenvalue weighted by Crippen LogP contribution is -2.12. The maximum absolute atomic E-state index is 12.5. The number of carbonyl (C=O) groups is 1. The molecule has 0 spiro atoms. The van der Waals surface area contributed by atoms with E-state index in [0.29, 0.717) is 22.8 Å². The zero-order valence-electron chi connectivity index (χ0n) is 10.7. The number of benzene rings is 1. The van der Waals surface area contributed by atoms with Gasteiger partial charge in [0.05, 0.1) is 11.2 Å². The highest BCUT2D eigenvalue weighted by Crippen LogP contribution is 2.22. The van der Waals surface area contributed by atoms with Crippen LogP contribution in [0.1, 0.15) is 34.1 Å². The molecule has 0 radical (unpaired) electrons. The van der Waals surface area contributed by atoms with Crippen LogP contribution in [0.3, 0.4) is 0 Å². The highest BCUT2D eigenvalue weighted by Gasteiger charge is 2.20. The normalized spacial score (nSPS) is 10.7. The molecule has 0 bridgehead atoms. The van der Waals surface area contributed by atoms with Gasteiger partial charge in [-0.1, -0.05) is 29.8 Å². The Morgan fingerprint density at radius 3 is 2.78 bits per heavy atom. The molecule has 18 heavy (non-hydrogen) atoms. The van der Waals surface area contributed by atoms with E-state index in [-0.39, 0.29) is 5.78 Å². The van der Waals surface area contributed by atoms with Crippen molar-refractivity contribution in [3.05, 3.63) is 51.8 Å². The van der Waals surface area contributed by atoms with E-state index in [1.807, 2.05) is 39.0 Å². The second kappa shape index (κ2) is 4.94. The predicted octanol–water partition coefficient (Wildman–Crippen LogP) is 3.40. The third-order valence-electron chi connectivity index (χ3n) is 3.16. The minimum atomic E-state index is -0.0689. The number of nitrogens with zero attached hydrogens (tertiary/aromatic N) is 2. The molecule has 4 heteroatoms. The maximum Gasteiger partial charge on any atom is 0.212 e. The van der Waals surface area contributed by atoms with Crippen molar-refractivity contribution in [3.63, 3.8) is 0 Å². The first-order valence-corrected chi connectivity index (χ1v) is 6.26. The highest BCUT2D eigenvalue weighted by molar-refractivity contribution is 6.34. The van der Waals surface area contributed by atoms with Gasteiger partial charge in [0.1, 0.15) is 5.69 Å². The van der Waals surface area contributed by atoms with Crippen molar-refractivity contribution in [1.82, 2.24) is 9.78 Å². The summed E-state index contributed by atoms with van der Waals surface area (Å²) in [5, 5.41) is 4.50. The first-order chi connectivity index (χ1) is 8.56. The summed E-state index contributed by atoms with van der Waals surface area (Å²) in [5.41, 5.74) is 3.24. The first-order valence-electron chi connectivity index (χ1n) is 5.88. The Morgan fingerprint density at radius 1 is 1.39 bits per heavy atom. The van der Waals surface area contributed by atoms with Crippen molar-refractivity contribution in [3.8, 4) is 0 Å². The van der Waals surface area contributed by atoms with E-state index in [0.717, 1.165) is 11.1 Å². The van der Waals surface area contributed by atoms with Crippen molar-refractivity contribution in [2.24, 2.45) is 0 Å². The zero-order valence-corrected chi connectivity index (χ0v) is 11.5. The lowest BCUT2D eigenvalue weighted by Gasteiger charge is -2.09. The Morgan fingerprint density at radius 2 is 2.11 bits per heavy atom. The molecule has 0 aliphatic carbocycles.